The number of nitrogens with zero attached hydrogens (tertiary/aromatic N) is 1. The van der Waals surface area contributed by atoms with Crippen LogP contribution in [0.1, 0.15) is 26.7 Å². The summed E-state index contributed by atoms with van der Waals surface area (Å²) >= 11 is 3.43. The summed E-state index contributed by atoms with van der Waals surface area (Å²) < 4.78 is 0. The first kappa shape index (κ1) is 10.0. The van der Waals surface area contributed by atoms with E-state index in [1.807, 2.05) is 4.90 Å². The Morgan fingerprint density at radius 3 is 2.25 bits per heavy atom. The topological polar surface area (TPSA) is 20.3 Å². The molecule has 1 heterocycles. The fourth-order valence-electron chi connectivity index (χ4n) is 1.40. The van der Waals surface area contributed by atoms with Crippen LogP contribution in [0.25, 0.3) is 0 Å². The average Bonchev–Trinajstić information content (AvgIpc) is 2.53. The predicted octanol–water partition coefficient (Wildman–Crippen LogP) is 2.03. The summed E-state index contributed by atoms with van der Waals surface area (Å²) in [6.45, 7) is 6.03. The van der Waals surface area contributed by atoms with Gasteiger partial charge in [-0.2, -0.15) is 0 Å². The molecule has 0 N–H and O–H groups in total. The van der Waals surface area contributed by atoms with E-state index in [1.54, 1.807) is 0 Å². The molecule has 0 aromatic carbocycles. The molecule has 1 aliphatic rings. The van der Waals surface area contributed by atoms with Crippen LogP contribution in [-0.2, 0) is 4.79 Å². The van der Waals surface area contributed by atoms with Gasteiger partial charge in [-0.1, -0.05) is 29.8 Å². The summed E-state index contributed by atoms with van der Waals surface area (Å²) in [5.74, 6) is 0.653. The predicted molar refractivity (Wildman–Crippen MR) is 53.4 cm³/mol. The van der Waals surface area contributed by atoms with Crippen LogP contribution >= 0.6 is 15.9 Å². The van der Waals surface area contributed by atoms with Gasteiger partial charge in [-0.05, 0) is 18.8 Å². The molecular weight excluding hydrogens is 218 g/mol. The Balaban J connectivity index is 2.45. The van der Waals surface area contributed by atoms with E-state index < -0.39 is 0 Å². The van der Waals surface area contributed by atoms with Crippen LogP contribution in [0.3, 0.4) is 0 Å². The maximum absolute atomic E-state index is 11.7. The van der Waals surface area contributed by atoms with E-state index in [0.29, 0.717) is 5.92 Å². The smallest absolute Gasteiger partial charge is 0.236 e. The van der Waals surface area contributed by atoms with Gasteiger partial charge in [0.25, 0.3) is 0 Å². The fourth-order valence-corrected chi connectivity index (χ4v) is 1.69. The van der Waals surface area contributed by atoms with Crippen molar-refractivity contribution < 1.29 is 4.79 Å². The molecule has 1 atom stereocenters. The van der Waals surface area contributed by atoms with Gasteiger partial charge >= 0.3 is 0 Å². The van der Waals surface area contributed by atoms with Crippen LogP contribution in [-0.4, -0.2) is 28.7 Å². The van der Waals surface area contributed by atoms with Crippen LogP contribution in [0.5, 0.6) is 0 Å². The normalized spacial score (nSPS) is 20.2. The highest BCUT2D eigenvalue weighted by Gasteiger charge is 2.26. The van der Waals surface area contributed by atoms with Crippen molar-refractivity contribution in [2.75, 3.05) is 13.1 Å². The standard InChI is InChI=1S/C9H16BrNO/c1-7(2)8(10)9(12)11-5-3-4-6-11/h7-8H,3-6H2,1-2H3/t8-/m1/s1. The summed E-state index contributed by atoms with van der Waals surface area (Å²) in [5, 5.41) is 0. The number of alkyl halides is 1. The molecule has 0 spiro atoms. The molecule has 0 aromatic rings. The highest BCUT2D eigenvalue weighted by atomic mass is 79.9. The lowest BCUT2D eigenvalue weighted by Gasteiger charge is -2.21. The van der Waals surface area contributed by atoms with Crippen LogP contribution in [0.4, 0.5) is 0 Å². The summed E-state index contributed by atoms with van der Waals surface area (Å²) in [7, 11) is 0. The molecule has 0 saturated carbocycles. The number of likely N-dealkylation sites (tertiary alicyclic amines) is 1. The van der Waals surface area contributed by atoms with Crippen molar-refractivity contribution in [2.24, 2.45) is 5.92 Å². The summed E-state index contributed by atoms with van der Waals surface area (Å²) in [6.07, 6.45) is 2.34. The number of amides is 1. The Labute approximate surface area is 82.4 Å². The Bertz CT molecular complexity index is 160. The van der Waals surface area contributed by atoms with Gasteiger partial charge in [0.15, 0.2) is 0 Å². The molecule has 1 amide bonds. The Morgan fingerprint density at radius 1 is 1.33 bits per heavy atom. The van der Waals surface area contributed by atoms with E-state index >= 15 is 0 Å². The lowest BCUT2D eigenvalue weighted by Crippen LogP contribution is -2.36. The molecular formula is C9H16BrNO. The van der Waals surface area contributed by atoms with Gasteiger partial charge in [-0.15, -0.1) is 0 Å². The zero-order valence-electron chi connectivity index (χ0n) is 7.72. The number of hydrogen-bond acceptors (Lipinski definition) is 1. The summed E-state index contributed by atoms with van der Waals surface area (Å²) in [4.78, 5) is 13.6. The first-order chi connectivity index (χ1) is 5.63. The van der Waals surface area contributed by atoms with Crippen molar-refractivity contribution in [1.82, 2.24) is 4.90 Å². The molecule has 70 valence electrons. The van der Waals surface area contributed by atoms with Crippen molar-refractivity contribution in [3.05, 3.63) is 0 Å². The third-order valence-corrected chi connectivity index (χ3v) is 3.69. The van der Waals surface area contributed by atoms with Crippen molar-refractivity contribution in [1.29, 1.82) is 0 Å². The minimum absolute atomic E-state index is 0.00981. The van der Waals surface area contributed by atoms with E-state index in [0.717, 1.165) is 13.1 Å². The molecule has 12 heavy (non-hydrogen) atoms. The van der Waals surface area contributed by atoms with Crippen LogP contribution in [0, 0.1) is 5.92 Å². The van der Waals surface area contributed by atoms with Crippen molar-refractivity contribution in [2.45, 2.75) is 31.5 Å². The van der Waals surface area contributed by atoms with E-state index in [1.165, 1.54) is 12.8 Å². The molecule has 1 aliphatic heterocycles. The quantitative estimate of drug-likeness (QED) is 0.669. The molecule has 0 aliphatic carbocycles. The number of carbonyl (C=O) groups is 1. The number of carbonyl (C=O) groups excluding carboxylic acids is 1. The van der Waals surface area contributed by atoms with Gasteiger partial charge < -0.3 is 4.90 Å². The zero-order chi connectivity index (χ0) is 9.14. The molecule has 2 nitrogen and oxygen atoms in total. The maximum Gasteiger partial charge on any atom is 0.236 e. The van der Waals surface area contributed by atoms with Crippen LogP contribution in [0.15, 0.2) is 0 Å². The second kappa shape index (κ2) is 4.26. The molecule has 1 saturated heterocycles. The average molecular weight is 234 g/mol. The third kappa shape index (κ3) is 2.22. The highest BCUT2D eigenvalue weighted by molar-refractivity contribution is 9.10. The first-order valence-corrected chi connectivity index (χ1v) is 5.47. The Hall–Kier alpha value is -0.0500. The Kier molecular flexibility index (Phi) is 3.56. The second-order valence-corrected chi connectivity index (χ2v) is 4.66. The van der Waals surface area contributed by atoms with Crippen LogP contribution in [0.2, 0.25) is 0 Å². The van der Waals surface area contributed by atoms with Gasteiger partial charge in [0.1, 0.15) is 0 Å². The molecule has 0 bridgehead atoms. The van der Waals surface area contributed by atoms with Crippen molar-refractivity contribution >= 4 is 21.8 Å². The van der Waals surface area contributed by atoms with E-state index in [9.17, 15) is 4.79 Å². The number of halogens is 1. The van der Waals surface area contributed by atoms with Crippen LogP contribution < -0.4 is 0 Å². The van der Waals surface area contributed by atoms with Gasteiger partial charge in [0, 0.05) is 13.1 Å². The monoisotopic (exact) mass is 233 g/mol. The van der Waals surface area contributed by atoms with E-state index in [2.05, 4.69) is 29.8 Å². The molecule has 0 unspecified atom stereocenters. The number of rotatable bonds is 2. The first-order valence-electron chi connectivity index (χ1n) is 4.56. The lowest BCUT2D eigenvalue weighted by molar-refractivity contribution is -0.130. The fraction of sp³-hybridized carbons (Fsp3) is 0.889. The molecule has 0 aromatic heterocycles. The molecule has 1 rings (SSSR count). The van der Waals surface area contributed by atoms with E-state index in [4.69, 9.17) is 0 Å². The van der Waals surface area contributed by atoms with Gasteiger partial charge in [-0.25, -0.2) is 0 Å². The van der Waals surface area contributed by atoms with Gasteiger partial charge in [0.2, 0.25) is 5.91 Å². The van der Waals surface area contributed by atoms with Crippen molar-refractivity contribution in [3.63, 3.8) is 0 Å². The maximum atomic E-state index is 11.7. The highest BCUT2D eigenvalue weighted by Crippen LogP contribution is 2.18. The minimum Gasteiger partial charge on any atom is -0.342 e. The summed E-state index contributed by atoms with van der Waals surface area (Å²) in [5.41, 5.74) is 0. The van der Waals surface area contributed by atoms with E-state index in [-0.39, 0.29) is 10.7 Å². The Morgan fingerprint density at radius 2 is 1.83 bits per heavy atom. The molecule has 3 heteroatoms. The second-order valence-electron chi connectivity index (χ2n) is 3.68. The van der Waals surface area contributed by atoms with Crippen molar-refractivity contribution in [3.8, 4) is 0 Å². The zero-order valence-corrected chi connectivity index (χ0v) is 9.30. The number of hydrogen-bond donors (Lipinski definition) is 0. The summed E-state index contributed by atoms with van der Waals surface area (Å²) in [6, 6.07) is 0. The lowest BCUT2D eigenvalue weighted by atomic mass is 10.1. The van der Waals surface area contributed by atoms with Gasteiger partial charge in [0.05, 0.1) is 4.83 Å². The largest absolute Gasteiger partial charge is 0.342 e. The van der Waals surface area contributed by atoms with Gasteiger partial charge in [-0.3, -0.25) is 4.79 Å². The minimum atomic E-state index is 0.00981. The molecule has 1 fully saturated rings. The SMILES string of the molecule is CC(C)[C@@H](Br)C(=O)N1CCCC1. The molecule has 0 radical (unpaired) electrons. The third-order valence-electron chi connectivity index (χ3n) is 2.24.